The van der Waals surface area contributed by atoms with Crippen LogP contribution in [-0.4, -0.2) is 42.1 Å². The van der Waals surface area contributed by atoms with Gasteiger partial charge in [0.05, 0.1) is 36.3 Å². The number of benzene rings is 2. The Labute approximate surface area is 163 Å². The minimum Gasteiger partial charge on any atom is -0.465 e. The summed E-state index contributed by atoms with van der Waals surface area (Å²) in [7, 11) is 1.26. The van der Waals surface area contributed by atoms with Crippen LogP contribution >= 0.6 is 0 Å². The Morgan fingerprint density at radius 2 is 1.93 bits per heavy atom. The highest BCUT2D eigenvalue weighted by molar-refractivity contribution is 5.99. The molecular formula is C21H16FNO6. The second-order valence-corrected chi connectivity index (χ2v) is 6.55. The van der Waals surface area contributed by atoms with Crippen molar-refractivity contribution in [3.63, 3.8) is 0 Å². The number of methoxy groups -OCH3 is 1. The zero-order valence-electron chi connectivity index (χ0n) is 15.3. The molecule has 4 rings (SSSR count). The third kappa shape index (κ3) is 2.98. The molecule has 29 heavy (non-hydrogen) atoms. The molecule has 1 aliphatic rings. The van der Waals surface area contributed by atoms with Crippen molar-refractivity contribution >= 4 is 22.8 Å². The number of ether oxygens (including phenoxy) is 1. The number of fused-ring (bicyclic) bond motifs is 2. The molecule has 8 heteroatoms. The summed E-state index contributed by atoms with van der Waals surface area (Å²) in [5, 5.41) is 9.44. The van der Waals surface area contributed by atoms with E-state index in [0.717, 1.165) is 12.1 Å². The van der Waals surface area contributed by atoms with Crippen molar-refractivity contribution in [2.45, 2.75) is 6.04 Å². The fraction of sp³-hybridized carbons (Fsp3) is 0.190. The number of hydrogen-bond donors (Lipinski definition) is 1. The van der Waals surface area contributed by atoms with Crippen molar-refractivity contribution in [3.8, 4) is 0 Å². The van der Waals surface area contributed by atoms with E-state index in [4.69, 9.17) is 4.42 Å². The number of aliphatic hydroxyl groups excluding tert-OH is 1. The van der Waals surface area contributed by atoms with Crippen molar-refractivity contribution in [2.24, 2.45) is 0 Å². The fourth-order valence-corrected chi connectivity index (χ4v) is 3.60. The Morgan fingerprint density at radius 3 is 2.59 bits per heavy atom. The molecule has 0 radical (unpaired) electrons. The predicted octanol–water partition coefficient (Wildman–Crippen LogP) is 2.26. The van der Waals surface area contributed by atoms with E-state index >= 15 is 0 Å². The first-order chi connectivity index (χ1) is 14.0. The number of amides is 1. The van der Waals surface area contributed by atoms with Gasteiger partial charge in [0, 0.05) is 6.54 Å². The van der Waals surface area contributed by atoms with Gasteiger partial charge in [0.2, 0.25) is 5.76 Å². The quantitative estimate of drug-likeness (QED) is 0.679. The number of aliphatic hydroxyl groups is 1. The molecular weight excluding hydrogens is 381 g/mol. The average Bonchev–Trinajstić information content (AvgIpc) is 3.01. The Hall–Kier alpha value is -3.52. The van der Waals surface area contributed by atoms with Gasteiger partial charge in [-0.3, -0.25) is 9.59 Å². The topological polar surface area (TPSA) is 97.0 Å². The standard InChI is InChI=1S/C21H16FNO6/c1-28-21(27)12-4-2-11(3-5-12)17-16-18(25)14-10-13(22)6-7-15(14)29-19(16)20(26)23(17)8-9-24/h2-7,10,17,24H,8-9H2,1H3/t17-/m1/s1. The second-order valence-electron chi connectivity index (χ2n) is 6.55. The number of esters is 1. The summed E-state index contributed by atoms with van der Waals surface area (Å²) < 4.78 is 24.0. The van der Waals surface area contributed by atoms with E-state index in [0.29, 0.717) is 11.1 Å². The number of carbonyl (C=O) groups is 2. The smallest absolute Gasteiger partial charge is 0.337 e. The number of halogens is 1. The molecule has 1 N–H and O–H groups in total. The Bertz CT molecular complexity index is 1180. The zero-order chi connectivity index (χ0) is 20.7. The third-order valence-corrected chi connectivity index (χ3v) is 4.92. The van der Waals surface area contributed by atoms with Gasteiger partial charge in [0.1, 0.15) is 11.4 Å². The maximum atomic E-state index is 13.7. The van der Waals surface area contributed by atoms with Crippen LogP contribution in [0.2, 0.25) is 0 Å². The molecule has 0 bridgehead atoms. The molecule has 1 atom stereocenters. The molecule has 0 aliphatic carbocycles. The summed E-state index contributed by atoms with van der Waals surface area (Å²) in [5.74, 6) is -1.79. The highest BCUT2D eigenvalue weighted by atomic mass is 19.1. The molecule has 3 aromatic rings. The van der Waals surface area contributed by atoms with Gasteiger partial charge in [0.25, 0.3) is 5.91 Å². The highest BCUT2D eigenvalue weighted by Crippen LogP contribution is 2.38. The van der Waals surface area contributed by atoms with Gasteiger partial charge < -0.3 is 19.2 Å². The predicted molar refractivity (Wildman–Crippen MR) is 100 cm³/mol. The van der Waals surface area contributed by atoms with Crippen LogP contribution in [0, 0.1) is 5.82 Å². The van der Waals surface area contributed by atoms with E-state index in [1.165, 1.54) is 30.2 Å². The van der Waals surface area contributed by atoms with E-state index < -0.39 is 29.2 Å². The van der Waals surface area contributed by atoms with Gasteiger partial charge in [-0.2, -0.15) is 0 Å². The van der Waals surface area contributed by atoms with Crippen LogP contribution in [0.3, 0.4) is 0 Å². The van der Waals surface area contributed by atoms with E-state index in [2.05, 4.69) is 4.74 Å². The summed E-state index contributed by atoms with van der Waals surface area (Å²) in [4.78, 5) is 39.0. The SMILES string of the molecule is COC(=O)c1ccc([C@@H]2c3c(oc4ccc(F)cc4c3=O)C(=O)N2CCO)cc1. The van der Waals surface area contributed by atoms with Gasteiger partial charge in [-0.05, 0) is 35.9 Å². The molecule has 2 aromatic carbocycles. The average molecular weight is 397 g/mol. The summed E-state index contributed by atoms with van der Waals surface area (Å²) in [6.07, 6.45) is 0. The van der Waals surface area contributed by atoms with Crippen LogP contribution in [0.1, 0.15) is 38.1 Å². The number of rotatable bonds is 4. The van der Waals surface area contributed by atoms with Crippen LogP contribution in [0.15, 0.2) is 51.7 Å². The summed E-state index contributed by atoms with van der Waals surface area (Å²) in [6.45, 7) is -0.352. The number of carbonyl (C=O) groups excluding carboxylic acids is 2. The van der Waals surface area contributed by atoms with Crippen molar-refractivity contribution < 1.29 is 28.2 Å². The van der Waals surface area contributed by atoms with Crippen LogP contribution in [0.4, 0.5) is 4.39 Å². The third-order valence-electron chi connectivity index (χ3n) is 4.92. The van der Waals surface area contributed by atoms with Crippen LogP contribution in [0.5, 0.6) is 0 Å². The monoisotopic (exact) mass is 397 g/mol. The van der Waals surface area contributed by atoms with E-state index in [1.54, 1.807) is 12.1 Å². The molecule has 0 saturated carbocycles. The number of β-amino-alcohol motifs (C(OH)–C–C–N with tert-alkyl or cyclic N) is 1. The summed E-state index contributed by atoms with van der Waals surface area (Å²) >= 11 is 0. The fourth-order valence-electron chi connectivity index (χ4n) is 3.60. The lowest BCUT2D eigenvalue weighted by Crippen LogP contribution is -2.32. The van der Waals surface area contributed by atoms with Crippen molar-refractivity contribution in [2.75, 3.05) is 20.3 Å². The lowest BCUT2D eigenvalue weighted by Gasteiger charge is -2.24. The van der Waals surface area contributed by atoms with Gasteiger partial charge in [-0.1, -0.05) is 12.1 Å². The largest absolute Gasteiger partial charge is 0.465 e. The van der Waals surface area contributed by atoms with Crippen LogP contribution < -0.4 is 5.43 Å². The summed E-state index contributed by atoms with van der Waals surface area (Å²) in [6, 6.07) is 8.91. The highest BCUT2D eigenvalue weighted by Gasteiger charge is 2.42. The first kappa shape index (κ1) is 18.8. The van der Waals surface area contributed by atoms with Gasteiger partial charge >= 0.3 is 5.97 Å². The maximum absolute atomic E-state index is 13.7. The molecule has 7 nitrogen and oxygen atoms in total. The molecule has 1 aromatic heterocycles. The van der Waals surface area contributed by atoms with E-state index in [1.807, 2.05) is 0 Å². The van der Waals surface area contributed by atoms with E-state index in [-0.39, 0.29) is 35.4 Å². The molecule has 0 spiro atoms. The molecule has 2 heterocycles. The molecule has 1 aliphatic heterocycles. The first-order valence-corrected chi connectivity index (χ1v) is 8.82. The minimum absolute atomic E-state index is 0.0265. The Morgan fingerprint density at radius 1 is 1.21 bits per heavy atom. The molecule has 0 unspecified atom stereocenters. The summed E-state index contributed by atoms with van der Waals surface area (Å²) in [5.41, 5.74) is 0.515. The van der Waals surface area contributed by atoms with Crippen LogP contribution in [0.25, 0.3) is 11.0 Å². The molecule has 0 saturated heterocycles. The number of nitrogens with zero attached hydrogens (tertiary/aromatic N) is 1. The van der Waals surface area contributed by atoms with Crippen LogP contribution in [-0.2, 0) is 4.74 Å². The normalized spacial score (nSPS) is 15.6. The van der Waals surface area contributed by atoms with Crippen molar-refractivity contribution in [1.82, 2.24) is 4.90 Å². The lowest BCUT2D eigenvalue weighted by molar-refractivity contribution is 0.0599. The second kappa shape index (κ2) is 7.14. The number of hydrogen-bond acceptors (Lipinski definition) is 6. The van der Waals surface area contributed by atoms with Gasteiger partial charge in [-0.15, -0.1) is 0 Å². The first-order valence-electron chi connectivity index (χ1n) is 8.82. The molecule has 1 amide bonds. The maximum Gasteiger partial charge on any atom is 0.337 e. The van der Waals surface area contributed by atoms with Gasteiger partial charge in [-0.25, -0.2) is 9.18 Å². The zero-order valence-corrected chi connectivity index (χ0v) is 15.3. The van der Waals surface area contributed by atoms with Crippen molar-refractivity contribution in [1.29, 1.82) is 0 Å². The van der Waals surface area contributed by atoms with Gasteiger partial charge in [0.15, 0.2) is 5.43 Å². The minimum atomic E-state index is -0.833. The Balaban J connectivity index is 1.92. The Kier molecular flexibility index (Phi) is 4.63. The van der Waals surface area contributed by atoms with E-state index in [9.17, 15) is 23.9 Å². The van der Waals surface area contributed by atoms with Crippen molar-refractivity contribution in [3.05, 3.63) is 81.0 Å². The molecule has 0 fully saturated rings. The lowest BCUT2D eigenvalue weighted by atomic mass is 9.97. The molecule has 148 valence electrons.